The minimum absolute atomic E-state index is 0. The van der Waals surface area contributed by atoms with Crippen molar-refractivity contribution in [3.05, 3.63) is 53.8 Å². The first-order chi connectivity index (χ1) is 12.5. The highest BCUT2D eigenvalue weighted by atomic mass is 35.5. The van der Waals surface area contributed by atoms with Gasteiger partial charge in [0.1, 0.15) is 17.1 Å². The second kappa shape index (κ2) is 9.12. The van der Waals surface area contributed by atoms with Gasteiger partial charge >= 0.3 is 0 Å². The van der Waals surface area contributed by atoms with Gasteiger partial charge in [-0.3, -0.25) is 9.69 Å². The lowest BCUT2D eigenvalue weighted by Gasteiger charge is -2.22. The van der Waals surface area contributed by atoms with Crippen molar-refractivity contribution < 1.29 is 13.9 Å². The normalized spacial score (nSPS) is 10.7. The number of nitrogens with zero attached hydrogens (tertiary/aromatic N) is 3. The van der Waals surface area contributed by atoms with Crippen LogP contribution in [0.2, 0.25) is 0 Å². The summed E-state index contributed by atoms with van der Waals surface area (Å²) in [5.41, 5.74) is 0.740. The molecule has 144 valence electrons. The van der Waals surface area contributed by atoms with E-state index < -0.39 is 0 Å². The molecule has 5 nitrogen and oxygen atoms in total. The monoisotopic (exact) mass is 409 g/mol. The number of thiazole rings is 1. The summed E-state index contributed by atoms with van der Waals surface area (Å²) in [6.45, 7) is 1.09. The molecule has 0 atom stereocenters. The van der Waals surface area contributed by atoms with Crippen LogP contribution in [0.4, 0.5) is 9.52 Å². The number of halogens is 2. The van der Waals surface area contributed by atoms with Gasteiger partial charge in [-0.15, -0.1) is 12.4 Å². The number of para-hydroxylation sites is 2. The number of ether oxygens (including phenoxy) is 1. The molecule has 0 saturated carbocycles. The third kappa shape index (κ3) is 4.55. The maximum atomic E-state index is 14.0. The second-order valence-electron chi connectivity index (χ2n) is 6.04. The maximum absolute atomic E-state index is 14.0. The SMILES string of the molecule is COc1ccccc1C(=O)N(CCN(C)C)c1nc2c(F)cccc2s1.Cl. The zero-order valence-electron chi connectivity index (χ0n) is 15.3. The molecule has 0 saturated heterocycles. The number of fused-ring (bicyclic) bond motifs is 1. The Morgan fingerprint density at radius 3 is 2.56 bits per heavy atom. The van der Waals surface area contributed by atoms with E-state index in [1.807, 2.05) is 25.1 Å². The van der Waals surface area contributed by atoms with E-state index in [4.69, 9.17) is 4.74 Å². The van der Waals surface area contributed by atoms with Gasteiger partial charge in [0.2, 0.25) is 0 Å². The molecule has 3 aromatic rings. The van der Waals surface area contributed by atoms with Gasteiger partial charge in [0, 0.05) is 13.1 Å². The summed E-state index contributed by atoms with van der Waals surface area (Å²) in [7, 11) is 5.40. The number of rotatable bonds is 6. The zero-order chi connectivity index (χ0) is 18.7. The maximum Gasteiger partial charge on any atom is 0.263 e. The van der Waals surface area contributed by atoms with Crippen molar-refractivity contribution in [2.45, 2.75) is 0 Å². The molecular weight excluding hydrogens is 389 g/mol. The molecule has 0 aliphatic carbocycles. The zero-order valence-corrected chi connectivity index (χ0v) is 16.9. The first-order valence-corrected chi connectivity index (χ1v) is 8.97. The smallest absolute Gasteiger partial charge is 0.263 e. The third-order valence-electron chi connectivity index (χ3n) is 3.94. The predicted molar refractivity (Wildman–Crippen MR) is 110 cm³/mol. The number of carbonyl (C=O) groups is 1. The molecule has 0 N–H and O–H groups in total. The molecule has 0 aliphatic rings. The first kappa shape index (κ1) is 21.1. The highest BCUT2D eigenvalue weighted by Crippen LogP contribution is 2.32. The largest absolute Gasteiger partial charge is 0.496 e. The van der Waals surface area contributed by atoms with Gasteiger partial charge in [0.05, 0.1) is 17.4 Å². The summed E-state index contributed by atoms with van der Waals surface area (Å²) < 4.78 is 20.1. The van der Waals surface area contributed by atoms with Crippen LogP contribution < -0.4 is 9.64 Å². The second-order valence-corrected chi connectivity index (χ2v) is 7.05. The highest BCUT2D eigenvalue weighted by Gasteiger charge is 2.24. The number of likely N-dealkylation sites (N-methyl/N-ethyl adjacent to an activating group) is 1. The minimum Gasteiger partial charge on any atom is -0.496 e. The van der Waals surface area contributed by atoms with Crippen LogP contribution in [0.15, 0.2) is 42.5 Å². The fraction of sp³-hybridized carbons (Fsp3) is 0.263. The van der Waals surface area contributed by atoms with Crippen LogP contribution >= 0.6 is 23.7 Å². The Kier molecular flexibility index (Phi) is 7.12. The van der Waals surface area contributed by atoms with Crippen LogP contribution in [-0.2, 0) is 0 Å². The predicted octanol–water partition coefficient (Wildman–Crippen LogP) is 4.07. The molecule has 1 amide bonds. The Bertz CT molecular complexity index is 932. The van der Waals surface area contributed by atoms with Gasteiger partial charge in [-0.05, 0) is 38.4 Å². The molecule has 27 heavy (non-hydrogen) atoms. The van der Waals surface area contributed by atoms with Crippen molar-refractivity contribution in [3.63, 3.8) is 0 Å². The molecule has 0 spiro atoms. The van der Waals surface area contributed by atoms with Crippen molar-refractivity contribution in [2.75, 3.05) is 39.2 Å². The van der Waals surface area contributed by atoms with Crippen molar-refractivity contribution in [2.24, 2.45) is 0 Å². The van der Waals surface area contributed by atoms with E-state index in [9.17, 15) is 9.18 Å². The molecular formula is C19H21ClFN3O2S. The molecule has 1 aromatic heterocycles. The topological polar surface area (TPSA) is 45.7 Å². The fourth-order valence-electron chi connectivity index (χ4n) is 2.57. The van der Waals surface area contributed by atoms with Gasteiger partial charge in [-0.1, -0.05) is 29.5 Å². The van der Waals surface area contributed by atoms with E-state index >= 15 is 0 Å². The van der Waals surface area contributed by atoms with E-state index in [1.165, 1.54) is 24.5 Å². The molecule has 0 unspecified atom stereocenters. The van der Waals surface area contributed by atoms with Gasteiger partial charge in [-0.2, -0.15) is 0 Å². The molecule has 1 heterocycles. The standard InChI is InChI=1S/C19H20FN3O2S.ClH/c1-22(2)11-12-23(18(24)13-7-4-5-9-15(13)25-3)19-21-17-14(20)8-6-10-16(17)26-19;/h4-10H,11-12H2,1-3H3;1H. The van der Waals surface area contributed by atoms with Crippen molar-refractivity contribution in [1.82, 2.24) is 9.88 Å². The van der Waals surface area contributed by atoms with Crippen LogP contribution in [0, 0.1) is 5.82 Å². The average Bonchev–Trinajstić information content (AvgIpc) is 3.06. The number of methoxy groups -OCH3 is 1. The lowest BCUT2D eigenvalue weighted by Crippen LogP contribution is -2.36. The lowest BCUT2D eigenvalue weighted by molar-refractivity contribution is 0.0982. The molecule has 0 radical (unpaired) electrons. The van der Waals surface area contributed by atoms with Crippen molar-refractivity contribution in [3.8, 4) is 5.75 Å². The Hall–Kier alpha value is -2.22. The number of anilines is 1. The average molecular weight is 410 g/mol. The van der Waals surface area contributed by atoms with Crippen molar-refractivity contribution >= 4 is 45.0 Å². The van der Waals surface area contributed by atoms with E-state index in [2.05, 4.69) is 4.98 Å². The van der Waals surface area contributed by atoms with Crippen LogP contribution in [0.5, 0.6) is 5.75 Å². The van der Waals surface area contributed by atoms with Gasteiger partial charge in [-0.25, -0.2) is 9.37 Å². The van der Waals surface area contributed by atoms with Crippen molar-refractivity contribution in [1.29, 1.82) is 0 Å². The number of amides is 1. The third-order valence-corrected chi connectivity index (χ3v) is 4.99. The highest BCUT2D eigenvalue weighted by molar-refractivity contribution is 7.22. The van der Waals surface area contributed by atoms with Crippen LogP contribution in [0.1, 0.15) is 10.4 Å². The van der Waals surface area contributed by atoms with E-state index in [0.29, 0.717) is 34.2 Å². The fourth-order valence-corrected chi connectivity index (χ4v) is 3.57. The first-order valence-electron chi connectivity index (χ1n) is 8.16. The quantitative estimate of drug-likeness (QED) is 0.615. The van der Waals surface area contributed by atoms with Crippen LogP contribution in [-0.4, -0.2) is 50.1 Å². The molecule has 2 aromatic carbocycles. The van der Waals surface area contributed by atoms with E-state index in [1.54, 1.807) is 35.2 Å². The number of hydrogen-bond acceptors (Lipinski definition) is 5. The van der Waals surface area contributed by atoms with Gasteiger partial charge in [0.25, 0.3) is 5.91 Å². The summed E-state index contributed by atoms with van der Waals surface area (Å²) in [4.78, 5) is 21.1. The number of aromatic nitrogens is 1. The summed E-state index contributed by atoms with van der Waals surface area (Å²) in [5.74, 6) is -0.106. The molecule has 3 rings (SSSR count). The molecule has 0 fully saturated rings. The molecule has 8 heteroatoms. The van der Waals surface area contributed by atoms with E-state index in [-0.39, 0.29) is 29.6 Å². The Labute approximate surface area is 167 Å². The summed E-state index contributed by atoms with van der Waals surface area (Å²) >= 11 is 1.30. The van der Waals surface area contributed by atoms with Crippen LogP contribution in [0.25, 0.3) is 10.2 Å². The lowest BCUT2D eigenvalue weighted by atomic mass is 10.1. The minimum atomic E-state index is -0.387. The van der Waals surface area contributed by atoms with Gasteiger partial charge < -0.3 is 9.64 Å². The Balaban J connectivity index is 0.00000261. The Morgan fingerprint density at radius 1 is 1.15 bits per heavy atom. The molecule has 0 aliphatic heterocycles. The molecule has 0 bridgehead atoms. The van der Waals surface area contributed by atoms with Gasteiger partial charge in [0.15, 0.2) is 5.13 Å². The van der Waals surface area contributed by atoms with Crippen LogP contribution in [0.3, 0.4) is 0 Å². The van der Waals surface area contributed by atoms with E-state index in [0.717, 1.165) is 0 Å². The summed E-state index contributed by atoms with van der Waals surface area (Å²) in [6, 6.07) is 11.9. The number of benzene rings is 2. The Morgan fingerprint density at radius 2 is 1.89 bits per heavy atom. The number of carbonyl (C=O) groups excluding carboxylic acids is 1. The number of hydrogen-bond donors (Lipinski definition) is 0. The summed E-state index contributed by atoms with van der Waals surface area (Å²) in [6.07, 6.45) is 0. The summed E-state index contributed by atoms with van der Waals surface area (Å²) in [5, 5.41) is 0.475.